The minimum Gasteiger partial charge on any atom is -0.352 e. The van der Waals surface area contributed by atoms with E-state index < -0.39 is 10.0 Å². The number of carbonyl (C=O) groups excluding carboxylic acids is 1. The summed E-state index contributed by atoms with van der Waals surface area (Å²) in [6, 6.07) is 14.8. The largest absolute Gasteiger partial charge is 0.352 e. The number of amides is 1. The molecule has 0 heterocycles. The molecule has 0 saturated carbocycles. The summed E-state index contributed by atoms with van der Waals surface area (Å²) in [6.45, 7) is 3.74. The summed E-state index contributed by atoms with van der Waals surface area (Å²) < 4.78 is 27.5. The smallest absolute Gasteiger partial charge is 0.261 e. The third-order valence-electron chi connectivity index (χ3n) is 3.97. The van der Waals surface area contributed by atoms with E-state index in [4.69, 9.17) is 5.73 Å². The van der Waals surface area contributed by atoms with Crippen LogP contribution >= 0.6 is 12.4 Å². The Kier molecular flexibility index (Phi) is 8.08. The van der Waals surface area contributed by atoms with E-state index in [0.717, 1.165) is 0 Å². The van der Waals surface area contributed by atoms with Crippen molar-refractivity contribution in [3.8, 4) is 0 Å². The summed E-state index contributed by atoms with van der Waals surface area (Å²) in [5, 5.41) is 2.79. The second kappa shape index (κ2) is 9.56. The van der Waals surface area contributed by atoms with Gasteiger partial charge in [-0.05, 0) is 30.7 Å². The van der Waals surface area contributed by atoms with Crippen molar-refractivity contribution in [2.24, 2.45) is 11.7 Å². The highest BCUT2D eigenvalue weighted by Crippen LogP contribution is 2.20. The second-order valence-electron chi connectivity index (χ2n) is 5.94. The summed E-state index contributed by atoms with van der Waals surface area (Å²) in [4.78, 5) is 12.2. The molecule has 142 valence electrons. The molecule has 0 aromatic heterocycles. The molecule has 8 heteroatoms. The average Bonchev–Trinajstić information content (AvgIpc) is 2.60. The van der Waals surface area contributed by atoms with Crippen LogP contribution in [-0.2, 0) is 21.4 Å². The maximum Gasteiger partial charge on any atom is 0.261 e. The van der Waals surface area contributed by atoms with Gasteiger partial charge in [-0.2, -0.15) is 0 Å². The first-order valence-electron chi connectivity index (χ1n) is 8.00. The highest BCUT2D eigenvalue weighted by Gasteiger charge is 2.18. The van der Waals surface area contributed by atoms with Gasteiger partial charge < -0.3 is 11.1 Å². The van der Waals surface area contributed by atoms with Crippen molar-refractivity contribution >= 4 is 34.0 Å². The highest BCUT2D eigenvalue weighted by molar-refractivity contribution is 7.92. The van der Waals surface area contributed by atoms with E-state index >= 15 is 0 Å². The lowest BCUT2D eigenvalue weighted by Crippen LogP contribution is -2.38. The number of anilines is 1. The minimum absolute atomic E-state index is 0. The summed E-state index contributed by atoms with van der Waals surface area (Å²) in [6.07, 6.45) is 0. The molecule has 0 aliphatic carbocycles. The Balaban J connectivity index is 0.00000338. The van der Waals surface area contributed by atoms with Crippen LogP contribution in [0, 0.1) is 5.92 Å². The van der Waals surface area contributed by atoms with Gasteiger partial charge in [0.1, 0.15) is 0 Å². The van der Waals surface area contributed by atoms with Crippen molar-refractivity contribution in [3.05, 3.63) is 60.2 Å². The standard InChI is InChI=1S/C18H23N3O3S.ClH/c1-13(14(2)19)18(22)20-12-15-8-6-7-11-17(15)21-25(23,24)16-9-4-3-5-10-16;/h3-11,13-14,21H,12,19H2,1-2H3,(H,20,22);1H. The Morgan fingerprint density at radius 3 is 2.23 bits per heavy atom. The van der Waals surface area contributed by atoms with Crippen LogP contribution in [0.15, 0.2) is 59.5 Å². The number of rotatable bonds is 7. The van der Waals surface area contributed by atoms with Crippen LogP contribution < -0.4 is 15.8 Å². The van der Waals surface area contributed by atoms with Crippen molar-refractivity contribution in [1.82, 2.24) is 5.32 Å². The van der Waals surface area contributed by atoms with Gasteiger partial charge in [0.05, 0.1) is 10.6 Å². The molecule has 4 N–H and O–H groups in total. The van der Waals surface area contributed by atoms with Gasteiger partial charge in [-0.25, -0.2) is 8.42 Å². The Labute approximate surface area is 160 Å². The third-order valence-corrected chi connectivity index (χ3v) is 5.35. The van der Waals surface area contributed by atoms with Gasteiger partial charge in [0.15, 0.2) is 0 Å². The first-order chi connectivity index (χ1) is 11.8. The molecule has 0 aliphatic heterocycles. The Morgan fingerprint density at radius 2 is 1.62 bits per heavy atom. The topological polar surface area (TPSA) is 101 Å². The zero-order chi connectivity index (χ0) is 18.4. The molecule has 0 spiro atoms. The van der Waals surface area contributed by atoms with E-state index in [9.17, 15) is 13.2 Å². The summed E-state index contributed by atoms with van der Waals surface area (Å²) >= 11 is 0. The fourth-order valence-corrected chi connectivity index (χ4v) is 3.28. The molecule has 1 amide bonds. The monoisotopic (exact) mass is 397 g/mol. The van der Waals surface area contributed by atoms with Crippen molar-refractivity contribution in [2.75, 3.05) is 4.72 Å². The molecular weight excluding hydrogens is 374 g/mol. The zero-order valence-electron chi connectivity index (χ0n) is 14.7. The van der Waals surface area contributed by atoms with Gasteiger partial charge in [0, 0.05) is 18.5 Å². The molecule has 0 saturated heterocycles. The summed E-state index contributed by atoms with van der Waals surface area (Å²) in [5.41, 5.74) is 6.83. The summed E-state index contributed by atoms with van der Waals surface area (Å²) in [7, 11) is -3.69. The van der Waals surface area contributed by atoms with E-state index in [2.05, 4.69) is 10.0 Å². The number of halogens is 1. The van der Waals surface area contributed by atoms with Crippen molar-refractivity contribution in [3.63, 3.8) is 0 Å². The van der Waals surface area contributed by atoms with Crippen molar-refractivity contribution in [2.45, 2.75) is 31.3 Å². The average molecular weight is 398 g/mol. The molecule has 2 atom stereocenters. The quantitative estimate of drug-likeness (QED) is 0.668. The van der Waals surface area contributed by atoms with Gasteiger partial charge in [-0.15, -0.1) is 12.4 Å². The molecule has 2 unspecified atom stereocenters. The fourth-order valence-electron chi connectivity index (χ4n) is 2.16. The molecular formula is C18H24ClN3O3S. The predicted molar refractivity (Wildman–Crippen MR) is 106 cm³/mol. The lowest BCUT2D eigenvalue weighted by atomic mass is 10.0. The Morgan fingerprint density at radius 1 is 1.04 bits per heavy atom. The van der Waals surface area contributed by atoms with Gasteiger partial charge in [-0.3, -0.25) is 9.52 Å². The molecule has 2 rings (SSSR count). The molecule has 0 radical (unpaired) electrons. The van der Waals surface area contributed by atoms with Crippen molar-refractivity contribution < 1.29 is 13.2 Å². The highest BCUT2D eigenvalue weighted by atomic mass is 35.5. The number of para-hydroxylation sites is 1. The lowest BCUT2D eigenvalue weighted by Gasteiger charge is -2.17. The zero-order valence-corrected chi connectivity index (χ0v) is 16.3. The number of nitrogens with one attached hydrogen (secondary N) is 2. The van der Waals surface area contributed by atoms with E-state index in [1.54, 1.807) is 56.3 Å². The molecule has 6 nitrogen and oxygen atoms in total. The first kappa shape index (κ1) is 22.0. The molecule has 0 bridgehead atoms. The Bertz CT molecular complexity index is 827. The number of sulfonamides is 1. The van der Waals surface area contributed by atoms with Crippen LogP contribution in [0.2, 0.25) is 0 Å². The third kappa shape index (κ3) is 5.72. The molecule has 0 fully saturated rings. The predicted octanol–water partition coefficient (Wildman–Crippen LogP) is 2.51. The normalized spacial score (nSPS) is 13.2. The number of hydrogen-bond acceptors (Lipinski definition) is 4. The van der Waals surface area contributed by atoms with Gasteiger partial charge in [0.25, 0.3) is 10.0 Å². The van der Waals surface area contributed by atoms with E-state index in [1.807, 2.05) is 0 Å². The minimum atomic E-state index is -3.69. The van der Waals surface area contributed by atoms with Crippen LogP contribution in [0.25, 0.3) is 0 Å². The van der Waals surface area contributed by atoms with Crippen LogP contribution in [0.5, 0.6) is 0 Å². The van der Waals surface area contributed by atoms with Gasteiger partial charge in [0.2, 0.25) is 5.91 Å². The molecule has 26 heavy (non-hydrogen) atoms. The second-order valence-corrected chi connectivity index (χ2v) is 7.62. The molecule has 0 aliphatic rings. The SMILES string of the molecule is CC(N)C(C)C(=O)NCc1ccccc1NS(=O)(=O)c1ccccc1.Cl. The molecule has 2 aromatic carbocycles. The maximum atomic E-state index is 12.5. The summed E-state index contributed by atoms with van der Waals surface area (Å²) in [5.74, 6) is -0.496. The van der Waals surface area contributed by atoms with E-state index in [1.165, 1.54) is 12.1 Å². The van der Waals surface area contributed by atoms with Crippen LogP contribution in [0.3, 0.4) is 0 Å². The first-order valence-corrected chi connectivity index (χ1v) is 9.48. The van der Waals surface area contributed by atoms with E-state index in [0.29, 0.717) is 11.3 Å². The number of nitrogens with two attached hydrogens (primary N) is 1. The van der Waals surface area contributed by atoms with Gasteiger partial charge in [-0.1, -0.05) is 43.3 Å². The van der Waals surface area contributed by atoms with E-state index in [-0.39, 0.29) is 41.7 Å². The van der Waals surface area contributed by atoms with Crippen LogP contribution in [0.1, 0.15) is 19.4 Å². The lowest BCUT2D eigenvalue weighted by molar-refractivity contribution is -0.125. The number of carbonyl (C=O) groups is 1. The number of benzene rings is 2. The molecule has 2 aromatic rings. The maximum absolute atomic E-state index is 12.5. The van der Waals surface area contributed by atoms with Crippen LogP contribution in [0.4, 0.5) is 5.69 Å². The fraction of sp³-hybridized carbons (Fsp3) is 0.278. The van der Waals surface area contributed by atoms with Gasteiger partial charge >= 0.3 is 0 Å². The Hall–Kier alpha value is -2.09. The number of hydrogen-bond donors (Lipinski definition) is 3. The van der Waals surface area contributed by atoms with Crippen LogP contribution in [-0.4, -0.2) is 20.4 Å². The van der Waals surface area contributed by atoms with Crippen molar-refractivity contribution in [1.29, 1.82) is 0 Å².